The van der Waals surface area contributed by atoms with Crippen molar-refractivity contribution in [3.63, 3.8) is 0 Å². The van der Waals surface area contributed by atoms with Gasteiger partial charge in [-0.1, -0.05) is 18.3 Å². The number of nitrogens with one attached hydrogen (secondary N) is 1. The van der Waals surface area contributed by atoms with E-state index in [0.717, 1.165) is 23.5 Å². The molecule has 2 amide bonds. The predicted molar refractivity (Wildman–Crippen MR) is 97.6 cm³/mol. The molecule has 0 aliphatic carbocycles. The van der Waals surface area contributed by atoms with Crippen LogP contribution >= 0.6 is 22.7 Å². The van der Waals surface area contributed by atoms with Crippen LogP contribution in [-0.2, 0) is 22.4 Å². The van der Waals surface area contributed by atoms with Crippen LogP contribution in [0.4, 0.5) is 10.3 Å². The van der Waals surface area contributed by atoms with Crippen LogP contribution in [0.15, 0.2) is 5.38 Å². The van der Waals surface area contributed by atoms with Gasteiger partial charge in [0.1, 0.15) is 5.01 Å². The summed E-state index contributed by atoms with van der Waals surface area (Å²) in [6.07, 6.45) is 2.67. The molecule has 1 aliphatic heterocycles. The van der Waals surface area contributed by atoms with Gasteiger partial charge in [-0.2, -0.15) is 0 Å². The van der Waals surface area contributed by atoms with E-state index >= 15 is 0 Å². The normalized spacial score (nSPS) is 17.2. The molecular formula is C15H20N6O2S2. The molecule has 0 radical (unpaired) electrons. The van der Waals surface area contributed by atoms with Crippen molar-refractivity contribution < 1.29 is 9.59 Å². The quantitative estimate of drug-likeness (QED) is 0.747. The molecule has 1 fully saturated rings. The van der Waals surface area contributed by atoms with Gasteiger partial charge in [-0.3, -0.25) is 14.5 Å². The lowest BCUT2D eigenvalue weighted by molar-refractivity contribution is -0.126. The minimum Gasteiger partial charge on any atom is -0.375 e. The third-order valence-electron chi connectivity index (χ3n) is 3.90. The summed E-state index contributed by atoms with van der Waals surface area (Å²) in [6, 6.07) is 0. The van der Waals surface area contributed by atoms with Crippen LogP contribution in [0.1, 0.15) is 30.5 Å². The highest BCUT2D eigenvalue weighted by Gasteiger charge is 2.36. The summed E-state index contributed by atoms with van der Waals surface area (Å²) in [5, 5.41) is 15.0. The summed E-state index contributed by atoms with van der Waals surface area (Å²) in [6.45, 7) is 2.91. The lowest BCUT2D eigenvalue weighted by atomic mass is 10.1. The van der Waals surface area contributed by atoms with E-state index in [2.05, 4.69) is 27.4 Å². The van der Waals surface area contributed by atoms with Crippen molar-refractivity contribution >= 4 is 44.8 Å². The van der Waals surface area contributed by atoms with Crippen LogP contribution in [0.3, 0.4) is 0 Å². The van der Waals surface area contributed by atoms with Crippen molar-refractivity contribution in [2.24, 2.45) is 5.92 Å². The first kappa shape index (κ1) is 17.7. The van der Waals surface area contributed by atoms with Gasteiger partial charge in [-0.25, -0.2) is 4.98 Å². The average Bonchev–Trinajstić information content (AvgIpc) is 3.28. The van der Waals surface area contributed by atoms with Gasteiger partial charge in [0.15, 0.2) is 5.13 Å². The molecule has 0 aromatic carbocycles. The van der Waals surface area contributed by atoms with E-state index in [0.29, 0.717) is 29.8 Å². The zero-order valence-corrected chi connectivity index (χ0v) is 15.5. The first-order valence-electron chi connectivity index (χ1n) is 8.17. The Hall–Kier alpha value is -2.07. The first-order chi connectivity index (χ1) is 12.1. The molecule has 1 unspecified atom stereocenters. The lowest BCUT2D eigenvalue weighted by Gasteiger charge is -2.12. The number of nitrogen functional groups attached to an aromatic ring is 1. The molecule has 134 valence electrons. The topological polar surface area (TPSA) is 114 Å². The second-order valence-corrected chi connectivity index (χ2v) is 7.78. The second-order valence-electron chi connectivity index (χ2n) is 5.85. The summed E-state index contributed by atoms with van der Waals surface area (Å²) in [4.78, 5) is 30.2. The molecule has 2 aromatic heterocycles. The summed E-state index contributed by atoms with van der Waals surface area (Å²) in [5.74, 6) is -0.546. The number of hydrogen-bond donors (Lipinski definition) is 2. The van der Waals surface area contributed by atoms with Crippen molar-refractivity contribution in [1.82, 2.24) is 20.5 Å². The molecular weight excluding hydrogens is 360 g/mol. The van der Waals surface area contributed by atoms with Crippen LogP contribution < -0.4 is 16.0 Å². The molecule has 2 aromatic rings. The van der Waals surface area contributed by atoms with Gasteiger partial charge in [-0.05, 0) is 6.42 Å². The highest BCUT2D eigenvalue weighted by molar-refractivity contribution is 7.15. The Balaban J connectivity index is 1.51. The Morgan fingerprint density at radius 2 is 2.28 bits per heavy atom. The standard InChI is InChI=1S/C15H20N6O2S2/c1-2-3-11-19-20-15(25-11)21-7-9(6-12(21)22)13(23)17-5-4-10-8-24-14(16)18-10/h8-9H,2-7H2,1H3,(H2,16,18)(H,17,23). The van der Waals surface area contributed by atoms with Gasteiger partial charge in [-0.15, -0.1) is 21.5 Å². The van der Waals surface area contributed by atoms with Gasteiger partial charge in [0.25, 0.3) is 0 Å². The highest BCUT2D eigenvalue weighted by Crippen LogP contribution is 2.28. The SMILES string of the molecule is CCCc1nnc(N2CC(C(=O)NCCc3csc(N)n3)CC2=O)s1. The average molecular weight is 380 g/mol. The number of nitrogens with two attached hydrogens (primary N) is 1. The predicted octanol–water partition coefficient (Wildman–Crippen LogP) is 1.24. The van der Waals surface area contributed by atoms with E-state index < -0.39 is 0 Å². The Bertz CT molecular complexity index is 759. The minimum absolute atomic E-state index is 0.0772. The van der Waals surface area contributed by atoms with E-state index in [1.807, 2.05) is 5.38 Å². The molecule has 0 bridgehead atoms. The van der Waals surface area contributed by atoms with Gasteiger partial charge >= 0.3 is 0 Å². The summed E-state index contributed by atoms with van der Waals surface area (Å²) >= 11 is 2.80. The fourth-order valence-electron chi connectivity index (χ4n) is 2.63. The maximum absolute atomic E-state index is 12.3. The van der Waals surface area contributed by atoms with Crippen molar-refractivity contribution in [3.8, 4) is 0 Å². The first-order valence-corrected chi connectivity index (χ1v) is 9.86. The number of carbonyl (C=O) groups is 2. The largest absolute Gasteiger partial charge is 0.375 e. The van der Waals surface area contributed by atoms with Crippen LogP contribution in [-0.4, -0.2) is 40.1 Å². The number of aromatic nitrogens is 3. The van der Waals surface area contributed by atoms with E-state index in [4.69, 9.17) is 5.73 Å². The molecule has 1 saturated heterocycles. The van der Waals surface area contributed by atoms with Gasteiger partial charge < -0.3 is 11.1 Å². The molecule has 1 aliphatic rings. The van der Waals surface area contributed by atoms with Crippen LogP contribution in [0.2, 0.25) is 0 Å². The summed E-state index contributed by atoms with van der Waals surface area (Å²) in [5.41, 5.74) is 6.45. The Labute approximate surface area is 153 Å². The number of nitrogens with zero attached hydrogens (tertiary/aromatic N) is 4. The molecule has 0 spiro atoms. The number of thiazole rings is 1. The maximum Gasteiger partial charge on any atom is 0.229 e. The number of aryl methyl sites for hydroxylation is 1. The van der Waals surface area contributed by atoms with Crippen molar-refractivity contribution in [3.05, 3.63) is 16.1 Å². The van der Waals surface area contributed by atoms with Crippen molar-refractivity contribution in [2.45, 2.75) is 32.6 Å². The number of amides is 2. The van der Waals surface area contributed by atoms with E-state index in [-0.39, 0.29) is 24.2 Å². The highest BCUT2D eigenvalue weighted by atomic mass is 32.1. The maximum atomic E-state index is 12.3. The van der Waals surface area contributed by atoms with E-state index in [1.54, 1.807) is 4.90 Å². The third kappa shape index (κ3) is 4.31. The monoisotopic (exact) mass is 380 g/mol. The van der Waals surface area contributed by atoms with Crippen molar-refractivity contribution in [1.29, 1.82) is 0 Å². The lowest BCUT2D eigenvalue weighted by Crippen LogP contribution is -2.34. The molecule has 10 heteroatoms. The van der Waals surface area contributed by atoms with E-state index in [1.165, 1.54) is 22.7 Å². The third-order valence-corrected chi connectivity index (χ3v) is 5.63. The molecule has 1 atom stereocenters. The van der Waals surface area contributed by atoms with Gasteiger partial charge in [0.2, 0.25) is 16.9 Å². The second kappa shape index (κ2) is 7.87. The van der Waals surface area contributed by atoms with Crippen LogP contribution in [0, 0.1) is 5.92 Å². The van der Waals surface area contributed by atoms with Gasteiger partial charge in [0.05, 0.1) is 11.6 Å². The number of hydrogen-bond acceptors (Lipinski definition) is 8. The molecule has 8 nitrogen and oxygen atoms in total. The Morgan fingerprint density at radius 1 is 1.44 bits per heavy atom. The molecule has 3 heterocycles. The molecule has 3 N–H and O–H groups in total. The zero-order chi connectivity index (χ0) is 17.8. The van der Waals surface area contributed by atoms with Crippen molar-refractivity contribution in [2.75, 3.05) is 23.7 Å². The Morgan fingerprint density at radius 3 is 3.00 bits per heavy atom. The molecule has 25 heavy (non-hydrogen) atoms. The van der Waals surface area contributed by atoms with Crippen LogP contribution in [0.25, 0.3) is 0 Å². The van der Waals surface area contributed by atoms with Crippen LogP contribution in [0.5, 0.6) is 0 Å². The van der Waals surface area contributed by atoms with E-state index in [9.17, 15) is 9.59 Å². The summed E-state index contributed by atoms with van der Waals surface area (Å²) in [7, 11) is 0. The zero-order valence-electron chi connectivity index (χ0n) is 13.9. The number of rotatable bonds is 7. The summed E-state index contributed by atoms with van der Waals surface area (Å²) < 4.78 is 0. The fourth-order valence-corrected chi connectivity index (χ4v) is 4.20. The minimum atomic E-state index is -0.355. The Kier molecular flexibility index (Phi) is 5.59. The molecule has 0 saturated carbocycles. The fraction of sp³-hybridized carbons (Fsp3) is 0.533. The smallest absolute Gasteiger partial charge is 0.229 e. The molecule has 3 rings (SSSR count). The number of anilines is 2. The number of carbonyl (C=O) groups excluding carboxylic acids is 2. The van der Waals surface area contributed by atoms with Gasteiger partial charge in [0, 0.05) is 37.7 Å².